The minimum absolute atomic E-state index is 0.0686. The standard InChI is InChI=1S/C15H11ClF2OS/c16-12-3-1-2-4-15(12)20-9-11(19)7-10-5-6-13(17)14(18)8-10/h1-6,8H,7,9H2. The zero-order valence-corrected chi connectivity index (χ0v) is 12.0. The predicted molar refractivity (Wildman–Crippen MR) is 77.2 cm³/mol. The molecule has 2 aromatic carbocycles. The quantitative estimate of drug-likeness (QED) is 0.755. The molecule has 0 saturated carbocycles. The fraction of sp³-hybridized carbons (Fsp3) is 0.133. The molecule has 0 radical (unpaired) electrons. The topological polar surface area (TPSA) is 17.1 Å². The van der Waals surface area contributed by atoms with Crippen LogP contribution in [0.25, 0.3) is 0 Å². The Morgan fingerprint density at radius 3 is 2.55 bits per heavy atom. The third-order valence-corrected chi connectivity index (χ3v) is 4.19. The van der Waals surface area contributed by atoms with Gasteiger partial charge in [0.2, 0.25) is 0 Å². The number of halogens is 3. The van der Waals surface area contributed by atoms with E-state index in [1.54, 1.807) is 6.07 Å². The largest absolute Gasteiger partial charge is 0.298 e. The second-order valence-corrected chi connectivity index (χ2v) is 5.61. The normalized spacial score (nSPS) is 10.6. The third kappa shape index (κ3) is 4.05. The molecule has 0 atom stereocenters. The summed E-state index contributed by atoms with van der Waals surface area (Å²) >= 11 is 7.32. The summed E-state index contributed by atoms with van der Waals surface area (Å²) in [7, 11) is 0. The molecule has 0 fully saturated rings. The highest BCUT2D eigenvalue weighted by Crippen LogP contribution is 2.26. The minimum Gasteiger partial charge on any atom is -0.298 e. The molecule has 5 heteroatoms. The van der Waals surface area contributed by atoms with Crippen molar-refractivity contribution in [1.29, 1.82) is 0 Å². The highest BCUT2D eigenvalue weighted by Gasteiger charge is 2.09. The van der Waals surface area contributed by atoms with E-state index in [2.05, 4.69) is 0 Å². The van der Waals surface area contributed by atoms with Crippen molar-refractivity contribution in [2.75, 3.05) is 5.75 Å². The first-order chi connectivity index (χ1) is 9.56. The van der Waals surface area contributed by atoms with Gasteiger partial charge in [0.1, 0.15) is 5.78 Å². The van der Waals surface area contributed by atoms with Gasteiger partial charge in [0.25, 0.3) is 0 Å². The summed E-state index contributed by atoms with van der Waals surface area (Å²) in [6, 6.07) is 10.7. The Hall–Kier alpha value is -1.39. The molecule has 0 amide bonds. The number of rotatable bonds is 5. The maximum absolute atomic E-state index is 13.0. The van der Waals surface area contributed by atoms with Crippen LogP contribution in [0.2, 0.25) is 5.02 Å². The molecule has 1 nitrogen and oxygen atoms in total. The zero-order chi connectivity index (χ0) is 14.5. The van der Waals surface area contributed by atoms with Gasteiger partial charge in [-0.2, -0.15) is 0 Å². The first kappa shape index (κ1) is 15.0. The Kier molecular flexibility index (Phi) is 5.15. The molecule has 0 aliphatic carbocycles. The van der Waals surface area contributed by atoms with E-state index in [1.807, 2.05) is 18.2 Å². The Balaban J connectivity index is 1.93. The lowest BCUT2D eigenvalue weighted by atomic mass is 10.1. The summed E-state index contributed by atoms with van der Waals surface area (Å²) in [5.74, 6) is -1.68. The molecule has 104 valence electrons. The van der Waals surface area contributed by atoms with Gasteiger partial charge >= 0.3 is 0 Å². The van der Waals surface area contributed by atoms with Crippen LogP contribution < -0.4 is 0 Å². The van der Waals surface area contributed by atoms with Crippen molar-refractivity contribution in [2.45, 2.75) is 11.3 Å². The zero-order valence-electron chi connectivity index (χ0n) is 10.4. The van der Waals surface area contributed by atoms with E-state index < -0.39 is 11.6 Å². The number of hydrogen-bond donors (Lipinski definition) is 0. The van der Waals surface area contributed by atoms with Crippen molar-refractivity contribution in [1.82, 2.24) is 0 Å². The number of carbonyl (C=O) groups is 1. The smallest absolute Gasteiger partial charge is 0.159 e. The molecule has 0 unspecified atom stereocenters. The van der Waals surface area contributed by atoms with Gasteiger partial charge in [-0.1, -0.05) is 29.8 Å². The van der Waals surface area contributed by atoms with E-state index in [0.29, 0.717) is 10.6 Å². The average Bonchev–Trinajstić information content (AvgIpc) is 2.42. The van der Waals surface area contributed by atoms with Crippen molar-refractivity contribution >= 4 is 29.1 Å². The Bertz CT molecular complexity index is 631. The lowest BCUT2D eigenvalue weighted by molar-refractivity contribution is -0.116. The van der Waals surface area contributed by atoms with E-state index in [-0.39, 0.29) is 18.0 Å². The van der Waals surface area contributed by atoms with Crippen LogP contribution in [0, 0.1) is 11.6 Å². The van der Waals surface area contributed by atoms with Crippen LogP contribution in [-0.2, 0) is 11.2 Å². The van der Waals surface area contributed by atoms with Gasteiger partial charge in [-0.3, -0.25) is 4.79 Å². The van der Waals surface area contributed by atoms with E-state index >= 15 is 0 Å². The van der Waals surface area contributed by atoms with E-state index in [4.69, 9.17) is 11.6 Å². The van der Waals surface area contributed by atoms with Crippen LogP contribution in [-0.4, -0.2) is 11.5 Å². The fourth-order valence-corrected chi connectivity index (χ4v) is 2.75. The molecular formula is C15H11ClF2OS. The molecule has 2 rings (SSSR count). The number of ketones is 1. The lowest BCUT2D eigenvalue weighted by Gasteiger charge is -2.04. The average molecular weight is 313 g/mol. The van der Waals surface area contributed by atoms with Gasteiger partial charge in [-0.05, 0) is 29.8 Å². The lowest BCUT2D eigenvalue weighted by Crippen LogP contribution is -2.06. The minimum atomic E-state index is -0.936. The molecule has 0 aliphatic heterocycles. The van der Waals surface area contributed by atoms with Crippen molar-refractivity contribution in [2.24, 2.45) is 0 Å². The monoisotopic (exact) mass is 312 g/mol. The first-order valence-electron chi connectivity index (χ1n) is 5.89. The molecular weight excluding hydrogens is 302 g/mol. The van der Waals surface area contributed by atoms with E-state index in [9.17, 15) is 13.6 Å². The summed E-state index contributed by atoms with van der Waals surface area (Å²) < 4.78 is 25.8. The van der Waals surface area contributed by atoms with Gasteiger partial charge in [0, 0.05) is 11.3 Å². The number of hydrogen-bond acceptors (Lipinski definition) is 2. The van der Waals surface area contributed by atoms with Crippen LogP contribution in [0.5, 0.6) is 0 Å². The highest BCUT2D eigenvalue weighted by atomic mass is 35.5. The number of thioether (sulfide) groups is 1. The fourth-order valence-electron chi connectivity index (χ4n) is 1.65. The second-order valence-electron chi connectivity index (χ2n) is 4.18. The van der Waals surface area contributed by atoms with Gasteiger partial charge in [-0.25, -0.2) is 8.78 Å². The molecule has 0 saturated heterocycles. The van der Waals surface area contributed by atoms with Gasteiger partial charge in [-0.15, -0.1) is 11.8 Å². The molecule has 0 aromatic heterocycles. The number of Topliss-reactive ketones (excluding diaryl/α,β-unsaturated/α-hetero) is 1. The van der Waals surface area contributed by atoms with Crippen molar-refractivity contribution in [3.8, 4) is 0 Å². The van der Waals surface area contributed by atoms with Gasteiger partial charge < -0.3 is 0 Å². The molecule has 0 heterocycles. The third-order valence-electron chi connectivity index (χ3n) is 2.61. The second kappa shape index (κ2) is 6.86. The van der Waals surface area contributed by atoms with Crippen LogP contribution in [0.15, 0.2) is 47.4 Å². The van der Waals surface area contributed by atoms with E-state index in [0.717, 1.165) is 17.0 Å². The maximum atomic E-state index is 13.0. The van der Waals surface area contributed by atoms with E-state index in [1.165, 1.54) is 17.8 Å². The van der Waals surface area contributed by atoms with Crippen molar-refractivity contribution in [3.63, 3.8) is 0 Å². The van der Waals surface area contributed by atoms with Crippen LogP contribution in [0.4, 0.5) is 8.78 Å². The molecule has 20 heavy (non-hydrogen) atoms. The van der Waals surface area contributed by atoms with Crippen molar-refractivity contribution in [3.05, 3.63) is 64.7 Å². The van der Waals surface area contributed by atoms with Crippen LogP contribution in [0.3, 0.4) is 0 Å². The summed E-state index contributed by atoms with van der Waals surface area (Å²) in [5.41, 5.74) is 0.466. The highest BCUT2D eigenvalue weighted by molar-refractivity contribution is 8.00. The maximum Gasteiger partial charge on any atom is 0.159 e. The predicted octanol–water partition coefficient (Wildman–Crippen LogP) is 4.52. The summed E-state index contributed by atoms with van der Waals surface area (Å²) in [6.07, 6.45) is 0.0780. The van der Waals surface area contributed by atoms with Gasteiger partial charge in [0.05, 0.1) is 10.8 Å². The first-order valence-corrected chi connectivity index (χ1v) is 7.25. The van der Waals surface area contributed by atoms with Crippen LogP contribution in [0.1, 0.15) is 5.56 Å². The molecule has 0 aliphatic rings. The summed E-state index contributed by atoms with van der Waals surface area (Å²) in [5, 5.41) is 0.595. The summed E-state index contributed by atoms with van der Waals surface area (Å²) in [4.78, 5) is 12.6. The Morgan fingerprint density at radius 2 is 1.85 bits per heavy atom. The number of carbonyl (C=O) groups excluding carboxylic acids is 1. The molecule has 0 spiro atoms. The molecule has 0 N–H and O–H groups in total. The SMILES string of the molecule is O=C(CSc1ccccc1Cl)Cc1ccc(F)c(F)c1. The van der Waals surface area contributed by atoms with Crippen LogP contribution >= 0.6 is 23.4 Å². The number of benzene rings is 2. The summed E-state index contributed by atoms with van der Waals surface area (Å²) in [6.45, 7) is 0. The molecule has 2 aromatic rings. The van der Waals surface area contributed by atoms with Gasteiger partial charge in [0.15, 0.2) is 11.6 Å². The molecule has 0 bridgehead atoms. The Labute approximate surface area is 125 Å². The van der Waals surface area contributed by atoms with Crippen molar-refractivity contribution < 1.29 is 13.6 Å². The Morgan fingerprint density at radius 1 is 1.10 bits per heavy atom.